The van der Waals surface area contributed by atoms with Gasteiger partial charge < -0.3 is 5.73 Å². The van der Waals surface area contributed by atoms with Crippen LogP contribution in [0.3, 0.4) is 0 Å². The molecular weight excluding hydrogens is 164 g/mol. The van der Waals surface area contributed by atoms with Gasteiger partial charge in [0.2, 0.25) is 0 Å². The lowest BCUT2D eigenvalue weighted by Gasteiger charge is -1.97. The van der Waals surface area contributed by atoms with Crippen molar-refractivity contribution in [3.05, 3.63) is 30.0 Å². The molecule has 2 aromatic rings. The summed E-state index contributed by atoms with van der Waals surface area (Å²) in [5.74, 6) is 0.435. The number of hydrogen-bond donors (Lipinski definition) is 1. The minimum Gasteiger partial charge on any atom is -0.384 e. The average Bonchev–Trinajstić information content (AvgIpc) is 2.16. The van der Waals surface area contributed by atoms with Crippen LogP contribution in [-0.4, -0.2) is 9.97 Å². The van der Waals surface area contributed by atoms with Gasteiger partial charge in [0.05, 0.1) is 16.6 Å². The third-order valence-corrected chi connectivity index (χ3v) is 1.69. The molecule has 0 aliphatic carbocycles. The normalized spacial score (nSPS) is 9.77. The number of nitrogens with two attached hydrogens (primary N) is 1. The number of pyridine rings is 2. The van der Waals surface area contributed by atoms with Gasteiger partial charge in [0.15, 0.2) is 0 Å². The summed E-state index contributed by atoms with van der Waals surface area (Å²) in [7, 11) is 0. The van der Waals surface area contributed by atoms with Crippen LogP contribution < -0.4 is 5.73 Å². The summed E-state index contributed by atoms with van der Waals surface area (Å²) in [4.78, 5) is 8.10. The molecule has 0 fully saturated rings. The molecule has 0 atom stereocenters. The maximum atomic E-state index is 8.62. The summed E-state index contributed by atoms with van der Waals surface area (Å²) >= 11 is 0. The highest BCUT2D eigenvalue weighted by Gasteiger charge is 1.98. The lowest BCUT2D eigenvalue weighted by molar-refractivity contribution is 1.32. The number of hydrogen-bond acceptors (Lipinski definition) is 4. The van der Waals surface area contributed by atoms with E-state index in [1.807, 2.05) is 6.07 Å². The van der Waals surface area contributed by atoms with Crippen molar-refractivity contribution in [1.82, 2.24) is 9.97 Å². The zero-order valence-corrected chi connectivity index (χ0v) is 6.73. The van der Waals surface area contributed by atoms with Crippen molar-refractivity contribution < 1.29 is 0 Å². The fourth-order valence-electron chi connectivity index (χ4n) is 1.08. The highest BCUT2D eigenvalue weighted by molar-refractivity contribution is 5.76. The van der Waals surface area contributed by atoms with Crippen LogP contribution in [0.2, 0.25) is 0 Å². The molecule has 2 N–H and O–H groups in total. The molecule has 0 spiro atoms. The van der Waals surface area contributed by atoms with Crippen molar-refractivity contribution in [3.8, 4) is 6.07 Å². The van der Waals surface area contributed by atoms with Crippen LogP contribution in [0.15, 0.2) is 24.4 Å². The first-order valence-corrected chi connectivity index (χ1v) is 3.72. The Bertz CT molecular complexity index is 498. The number of nitrogens with zero attached hydrogens (tertiary/aromatic N) is 3. The number of fused-ring (bicyclic) bond motifs is 1. The van der Waals surface area contributed by atoms with E-state index in [2.05, 4.69) is 9.97 Å². The quantitative estimate of drug-likeness (QED) is 0.641. The first-order chi connectivity index (χ1) is 6.29. The van der Waals surface area contributed by atoms with Crippen molar-refractivity contribution in [2.45, 2.75) is 0 Å². The van der Waals surface area contributed by atoms with Gasteiger partial charge in [-0.2, -0.15) is 5.26 Å². The van der Waals surface area contributed by atoms with Gasteiger partial charge in [-0.3, -0.25) is 4.98 Å². The maximum absolute atomic E-state index is 8.62. The van der Waals surface area contributed by atoms with Crippen molar-refractivity contribution >= 4 is 16.9 Å². The first-order valence-electron chi connectivity index (χ1n) is 3.72. The standard InChI is InChI=1S/C9H6N4/c10-4-6-3-8-7(12-5-6)1-2-9(11)13-8/h1-3,5H,(H2,11,13). The molecule has 0 saturated heterocycles. The van der Waals surface area contributed by atoms with Crippen LogP contribution in [-0.2, 0) is 0 Å². The molecule has 0 amide bonds. The van der Waals surface area contributed by atoms with E-state index in [1.165, 1.54) is 6.20 Å². The van der Waals surface area contributed by atoms with E-state index >= 15 is 0 Å². The van der Waals surface area contributed by atoms with E-state index in [-0.39, 0.29) is 0 Å². The predicted molar refractivity (Wildman–Crippen MR) is 48.7 cm³/mol. The third kappa shape index (κ3) is 1.27. The third-order valence-electron chi connectivity index (χ3n) is 1.69. The monoisotopic (exact) mass is 170 g/mol. The van der Waals surface area contributed by atoms with Gasteiger partial charge in [-0.05, 0) is 18.2 Å². The van der Waals surface area contributed by atoms with Gasteiger partial charge in [0.25, 0.3) is 0 Å². The predicted octanol–water partition coefficient (Wildman–Crippen LogP) is 1.08. The summed E-state index contributed by atoms with van der Waals surface area (Å²) in [6.07, 6.45) is 1.51. The molecular formula is C9H6N4. The average molecular weight is 170 g/mol. The Morgan fingerprint density at radius 2 is 2.15 bits per heavy atom. The van der Waals surface area contributed by atoms with Crippen LogP contribution in [0.4, 0.5) is 5.82 Å². The Labute approximate surface area is 74.6 Å². The topological polar surface area (TPSA) is 75.6 Å². The van der Waals surface area contributed by atoms with Gasteiger partial charge in [-0.1, -0.05) is 0 Å². The zero-order valence-electron chi connectivity index (χ0n) is 6.73. The van der Waals surface area contributed by atoms with Crippen molar-refractivity contribution in [3.63, 3.8) is 0 Å². The number of anilines is 1. The van der Waals surface area contributed by atoms with E-state index < -0.39 is 0 Å². The summed E-state index contributed by atoms with van der Waals surface area (Å²) < 4.78 is 0. The lowest BCUT2D eigenvalue weighted by atomic mass is 10.2. The van der Waals surface area contributed by atoms with Crippen LogP contribution in [0.5, 0.6) is 0 Å². The molecule has 0 aromatic carbocycles. The highest BCUT2D eigenvalue weighted by Crippen LogP contribution is 2.11. The Balaban J connectivity index is 2.77. The highest BCUT2D eigenvalue weighted by atomic mass is 14.8. The summed E-state index contributed by atoms with van der Waals surface area (Å²) in [6, 6.07) is 7.12. The smallest absolute Gasteiger partial charge is 0.124 e. The van der Waals surface area contributed by atoms with E-state index in [0.717, 1.165) is 5.52 Å². The number of nitrogen functional groups attached to an aromatic ring is 1. The van der Waals surface area contributed by atoms with Gasteiger partial charge in [0, 0.05) is 6.20 Å². The molecule has 0 radical (unpaired) electrons. The molecule has 2 rings (SSSR count). The fourth-order valence-corrected chi connectivity index (χ4v) is 1.08. The number of aromatic nitrogens is 2. The lowest BCUT2D eigenvalue weighted by Crippen LogP contribution is -1.91. The van der Waals surface area contributed by atoms with Gasteiger partial charge in [-0.15, -0.1) is 0 Å². The summed E-state index contributed by atoms with van der Waals surface area (Å²) in [6.45, 7) is 0. The molecule has 62 valence electrons. The Kier molecular flexibility index (Phi) is 1.57. The molecule has 4 nitrogen and oxygen atoms in total. The minimum atomic E-state index is 0.435. The van der Waals surface area contributed by atoms with Gasteiger partial charge >= 0.3 is 0 Å². The SMILES string of the molecule is N#Cc1cnc2ccc(N)nc2c1. The van der Waals surface area contributed by atoms with Gasteiger partial charge in [0.1, 0.15) is 11.9 Å². The Morgan fingerprint density at radius 1 is 1.31 bits per heavy atom. The zero-order chi connectivity index (χ0) is 9.26. The summed E-state index contributed by atoms with van der Waals surface area (Å²) in [5, 5.41) is 8.62. The van der Waals surface area contributed by atoms with Crippen LogP contribution in [0.1, 0.15) is 5.56 Å². The molecule has 13 heavy (non-hydrogen) atoms. The molecule has 4 heteroatoms. The first kappa shape index (κ1) is 7.50. The largest absolute Gasteiger partial charge is 0.384 e. The van der Waals surface area contributed by atoms with E-state index in [9.17, 15) is 0 Å². The van der Waals surface area contributed by atoms with Crippen molar-refractivity contribution in [2.75, 3.05) is 5.73 Å². The molecule has 0 aliphatic rings. The van der Waals surface area contributed by atoms with Crippen LogP contribution >= 0.6 is 0 Å². The second-order valence-electron chi connectivity index (χ2n) is 2.61. The second-order valence-corrected chi connectivity index (χ2v) is 2.61. The van der Waals surface area contributed by atoms with Crippen LogP contribution in [0.25, 0.3) is 11.0 Å². The minimum absolute atomic E-state index is 0.435. The van der Waals surface area contributed by atoms with E-state index in [0.29, 0.717) is 16.9 Å². The molecule has 2 heterocycles. The number of nitriles is 1. The Hall–Kier alpha value is -2.15. The molecule has 0 aliphatic heterocycles. The van der Waals surface area contributed by atoms with Gasteiger partial charge in [-0.25, -0.2) is 4.98 Å². The van der Waals surface area contributed by atoms with E-state index in [4.69, 9.17) is 11.0 Å². The summed E-state index contributed by atoms with van der Waals surface area (Å²) in [5.41, 5.74) is 7.38. The maximum Gasteiger partial charge on any atom is 0.124 e. The molecule has 0 bridgehead atoms. The molecule has 2 aromatic heterocycles. The number of rotatable bonds is 0. The second kappa shape index (κ2) is 2.72. The van der Waals surface area contributed by atoms with E-state index in [1.54, 1.807) is 18.2 Å². The molecule has 0 unspecified atom stereocenters. The Morgan fingerprint density at radius 3 is 2.92 bits per heavy atom. The fraction of sp³-hybridized carbons (Fsp3) is 0. The molecule has 0 saturated carbocycles. The van der Waals surface area contributed by atoms with Crippen molar-refractivity contribution in [2.24, 2.45) is 0 Å². The van der Waals surface area contributed by atoms with Crippen LogP contribution in [0, 0.1) is 11.3 Å². The van der Waals surface area contributed by atoms with Crippen molar-refractivity contribution in [1.29, 1.82) is 5.26 Å².